The number of ether oxygens (including phenoxy) is 1. The summed E-state index contributed by atoms with van der Waals surface area (Å²) in [7, 11) is 0. The third-order valence-corrected chi connectivity index (χ3v) is 0.745. The van der Waals surface area contributed by atoms with Gasteiger partial charge in [-0.25, -0.2) is 4.79 Å². The number of esters is 1. The van der Waals surface area contributed by atoms with Crippen LogP contribution in [0.2, 0.25) is 0 Å². The van der Waals surface area contributed by atoms with Crippen LogP contribution in [-0.4, -0.2) is 17.7 Å². The van der Waals surface area contributed by atoms with Crippen molar-refractivity contribution in [3.8, 4) is 6.07 Å². The molecule has 4 heteroatoms. The van der Waals surface area contributed by atoms with Crippen molar-refractivity contribution in [2.75, 3.05) is 6.61 Å². The summed E-state index contributed by atoms with van der Waals surface area (Å²) in [6.07, 6.45) is 0.429. The minimum absolute atomic E-state index is 0.192. The standard InChI is InChI=1S/C6H7NO3/c1-2-10-6(9)5(3-7)4-8/h4,8H,2H2,1H3/b5-4-. The average molecular weight is 141 g/mol. The third-order valence-electron chi connectivity index (χ3n) is 0.745. The predicted octanol–water partition coefficient (Wildman–Crippen LogP) is 0.515. The summed E-state index contributed by atoms with van der Waals surface area (Å²) in [5.74, 6) is -0.799. The van der Waals surface area contributed by atoms with Crippen molar-refractivity contribution < 1.29 is 14.6 Å². The first kappa shape index (κ1) is 8.50. The fraction of sp³-hybridized carbons (Fsp3) is 0.333. The molecule has 1 N–H and O–H groups in total. The third kappa shape index (κ3) is 2.18. The molecule has 0 heterocycles. The number of carbonyl (C=O) groups is 1. The largest absolute Gasteiger partial charge is 0.514 e. The molecule has 0 unspecified atom stereocenters. The van der Waals surface area contributed by atoms with Gasteiger partial charge >= 0.3 is 5.97 Å². The number of hydrogen-bond donors (Lipinski definition) is 1. The monoisotopic (exact) mass is 141 g/mol. The van der Waals surface area contributed by atoms with E-state index in [1.165, 1.54) is 6.07 Å². The molecular formula is C6H7NO3. The molecule has 0 aromatic carbocycles. The maximum Gasteiger partial charge on any atom is 0.352 e. The van der Waals surface area contributed by atoms with Crippen molar-refractivity contribution in [2.45, 2.75) is 6.92 Å². The zero-order valence-electron chi connectivity index (χ0n) is 5.50. The van der Waals surface area contributed by atoms with E-state index in [9.17, 15) is 4.79 Å². The molecule has 0 spiro atoms. The van der Waals surface area contributed by atoms with E-state index in [0.29, 0.717) is 6.26 Å². The smallest absolute Gasteiger partial charge is 0.352 e. The van der Waals surface area contributed by atoms with Crippen LogP contribution in [0.25, 0.3) is 0 Å². The van der Waals surface area contributed by atoms with Crippen LogP contribution in [0, 0.1) is 11.3 Å². The second-order valence-corrected chi connectivity index (χ2v) is 1.38. The van der Waals surface area contributed by atoms with E-state index >= 15 is 0 Å². The number of nitriles is 1. The van der Waals surface area contributed by atoms with E-state index in [1.54, 1.807) is 6.92 Å². The number of nitrogens with zero attached hydrogens (tertiary/aromatic N) is 1. The number of hydrogen-bond acceptors (Lipinski definition) is 4. The molecule has 0 aliphatic heterocycles. The number of rotatable bonds is 2. The van der Waals surface area contributed by atoms with E-state index in [4.69, 9.17) is 10.4 Å². The SMILES string of the molecule is CCOC(=O)/C(C#N)=C\O. The van der Waals surface area contributed by atoms with Crippen molar-refractivity contribution in [3.05, 3.63) is 11.8 Å². The highest BCUT2D eigenvalue weighted by Crippen LogP contribution is 1.93. The molecule has 0 aromatic heterocycles. The fourth-order valence-electron chi connectivity index (χ4n) is 0.336. The van der Waals surface area contributed by atoms with Crippen LogP contribution in [0.1, 0.15) is 6.92 Å². The number of aliphatic hydroxyl groups is 1. The van der Waals surface area contributed by atoms with Crippen LogP contribution in [0.15, 0.2) is 11.8 Å². The normalized spacial score (nSPS) is 10.2. The van der Waals surface area contributed by atoms with Gasteiger partial charge in [0.1, 0.15) is 12.3 Å². The van der Waals surface area contributed by atoms with Gasteiger partial charge in [0, 0.05) is 0 Å². The van der Waals surface area contributed by atoms with E-state index in [-0.39, 0.29) is 12.2 Å². The van der Waals surface area contributed by atoms with E-state index in [0.717, 1.165) is 0 Å². The van der Waals surface area contributed by atoms with Crippen LogP contribution < -0.4 is 0 Å². The van der Waals surface area contributed by atoms with Gasteiger partial charge in [-0.15, -0.1) is 0 Å². The van der Waals surface area contributed by atoms with Crippen molar-refractivity contribution in [1.29, 1.82) is 5.26 Å². The summed E-state index contributed by atoms with van der Waals surface area (Å²) in [5.41, 5.74) is -0.387. The Morgan fingerprint density at radius 1 is 1.90 bits per heavy atom. The number of aliphatic hydroxyl groups excluding tert-OH is 1. The first-order valence-corrected chi connectivity index (χ1v) is 2.67. The van der Waals surface area contributed by atoms with Crippen LogP contribution in [0.4, 0.5) is 0 Å². The highest BCUT2D eigenvalue weighted by atomic mass is 16.5. The quantitative estimate of drug-likeness (QED) is 0.263. The molecule has 0 fully saturated rings. The lowest BCUT2D eigenvalue weighted by molar-refractivity contribution is -0.138. The molecule has 0 saturated carbocycles. The molecule has 0 bridgehead atoms. The number of carbonyl (C=O) groups excluding carboxylic acids is 1. The van der Waals surface area contributed by atoms with E-state index < -0.39 is 5.97 Å². The molecule has 0 saturated heterocycles. The van der Waals surface area contributed by atoms with Crippen LogP contribution in [0.3, 0.4) is 0 Å². The maximum atomic E-state index is 10.5. The minimum atomic E-state index is -0.799. The van der Waals surface area contributed by atoms with Gasteiger partial charge < -0.3 is 9.84 Å². The Hall–Kier alpha value is -1.50. The summed E-state index contributed by atoms with van der Waals surface area (Å²) in [6.45, 7) is 1.81. The lowest BCUT2D eigenvalue weighted by atomic mass is 10.3. The Labute approximate surface area is 58.3 Å². The first-order chi connectivity index (χ1) is 4.76. The summed E-state index contributed by atoms with van der Waals surface area (Å²) < 4.78 is 4.40. The second-order valence-electron chi connectivity index (χ2n) is 1.38. The summed E-state index contributed by atoms with van der Waals surface area (Å²) >= 11 is 0. The highest BCUT2D eigenvalue weighted by molar-refractivity contribution is 5.92. The first-order valence-electron chi connectivity index (χ1n) is 2.67. The van der Waals surface area contributed by atoms with E-state index in [1.807, 2.05) is 0 Å². The van der Waals surface area contributed by atoms with Crippen LogP contribution in [0.5, 0.6) is 0 Å². The summed E-state index contributed by atoms with van der Waals surface area (Å²) in [6, 6.07) is 1.47. The fourth-order valence-corrected chi connectivity index (χ4v) is 0.336. The van der Waals surface area contributed by atoms with Gasteiger partial charge in [0.2, 0.25) is 0 Å². The maximum absolute atomic E-state index is 10.5. The summed E-state index contributed by atoms with van der Waals surface area (Å²) in [4.78, 5) is 10.5. The zero-order chi connectivity index (χ0) is 7.98. The summed E-state index contributed by atoms with van der Waals surface area (Å²) in [5, 5.41) is 16.4. The van der Waals surface area contributed by atoms with Gasteiger partial charge in [0.05, 0.1) is 6.61 Å². The topological polar surface area (TPSA) is 70.3 Å². The molecular weight excluding hydrogens is 134 g/mol. The van der Waals surface area contributed by atoms with Gasteiger partial charge in [-0.1, -0.05) is 0 Å². The lowest BCUT2D eigenvalue weighted by Crippen LogP contribution is -2.05. The minimum Gasteiger partial charge on any atom is -0.514 e. The Kier molecular flexibility index (Phi) is 3.73. The van der Waals surface area contributed by atoms with Crippen LogP contribution >= 0.6 is 0 Å². The molecule has 0 rings (SSSR count). The molecule has 4 nitrogen and oxygen atoms in total. The average Bonchev–Trinajstić information content (AvgIpc) is 1.91. The predicted molar refractivity (Wildman–Crippen MR) is 33.0 cm³/mol. The van der Waals surface area contributed by atoms with E-state index in [2.05, 4.69) is 4.74 Å². The van der Waals surface area contributed by atoms with Crippen molar-refractivity contribution in [2.24, 2.45) is 0 Å². The van der Waals surface area contributed by atoms with Gasteiger partial charge in [0.25, 0.3) is 0 Å². The lowest BCUT2D eigenvalue weighted by Gasteiger charge is -1.95. The Balaban J connectivity index is 4.08. The Morgan fingerprint density at radius 3 is 2.80 bits per heavy atom. The molecule has 0 aliphatic carbocycles. The molecule has 54 valence electrons. The van der Waals surface area contributed by atoms with Gasteiger partial charge in [-0.2, -0.15) is 5.26 Å². The van der Waals surface area contributed by atoms with Gasteiger partial charge in [-0.05, 0) is 6.92 Å². The Morgan fingerprint density at radius 2 is 2.50 bits per heavy atom. The Bertz CT molecular complexity index is 190. The van der Waals surface area contributed by atoms with Crippen LogP contribution in [-0.2, 0) is 9.53 Å². The molecule has 0 aliphatic rings. The van der Waals surface area contributed by atoms with Crippen molar-refractivity contribution >= 4 is 5.97 Å². The molecule has 0 radical (unpaired) electrons. The molecule has 0 aromatic rings. The van der Waals surface area contributed by atoms with Crippen molar-refractivity contribution in [3.63, 3.8) is 0 Å². The van der Waals surface area contributed by atoms with Gasteiger partial charge in [-0.3, -0.25) is 0 Å². The van der Waals surface area contributed by atoms with Crippen molar-refractivity contribution in [1.82, 2.24) is 0 Å². The molecule has 0 atom stereocenters. The zero-order valence-corrected chi connectivity index (χ0v) is 5.50. The molecule has 0 amide bonds. The molecule has 10 heavy (non-hydrogen) atoms. The second kappa shape index (κ2) is 4.39. The highest BCUT2D eigenvalue weighted by Gasteiger charge is 2.08. The van der Waals surface area contributed by atoms with Gasteiger partial charge in [0.15, 0.2) is 5.57 Å².